The summed E-state index contributed by atoms with van der Waals surface area (Å²) in [4.78, 5) is 15.3. The van der Waals surface area contributed by atoms with E-state index in [-0.39, 0.29) is 23.3 Å². The first-order valence-electron chi connectivity index (χ1n) is 8.30. The fourth-order valence-electron chi connectivity index (χ4n) is 2.83. The molecule has 6 nitrogen and oxygen atoms in total. The van der Waals surface area contributed by atoms with Gasteiger partial charge >= 0.3 is 0 Å². The van der Waals surface area contributed by atoms with Crippen LogP contribution in [-0.4, -0.2) is 32.3 Å². The van der Waals surface area contributed by atoms with E-state index in [2.05, 4.69) is 10.8 Å². The third-order valence-electron chi connectivity index (χ3n) is 4.39. The average molecular weight is 390 g/mol. The first kappa shape index (κ1) is 18.6. The van der Waals surface area contributed by atoms with Gasteiger partial charge in [-0.3, -0.25) is 4.79 Å². The van der Waals surface area contributed by atoms with Crippen LogP contribution >= 0.6 is 11.3 Å². The predicted molar refractivity (Wildman–Crippen MR) is 99.0 cm³/mol. The Bertz CT molecular complexity index is 892. The maximum Gasteiger partial charge on any atom is 0.253 e. The van der Waals surface area contributed by atoms with Gasteiger partial charge in [0.05, 0.1) is 11.0 Å². The van der Waals surface area contributed by atoms with Gasteiger partial charge in [0, 0.05) is 36.0 Å². The van der Waals surface area contributed by atoms with E-state index in [9.17, 15) is 13.2 Å². The van der Waals surface area contributed by atoms with Crippen LogP contribution in [0.15, 0.2) is 46.7 Å². The second-order valence-electron chi connectivity index (χ2n) is 6.12. The third-order valence-corrected chi connectivity index (χ3v) is 6.69. The van der Waals surface area contributed by atoms with Crippen LogP contribution in [0.5, 0.6) is 0 Å². The average Bonchev–Trinajstić information content (AvgIpc) is 3.20. The lowest BCUT2D eigenvalue weighted by molar-refractivity contribution is 0.0707. The lowest BCUT2D eigenvalue weighted by atomic mass is 9.98. The maximum absolute atomic E-state index is 12.5. The number of rotatable bonds is 5. The molecule has 1 saturated heterocycles. The summed E-state index contributed by atoms with van der Waals surface area (Å²) in [7, 11) is -3.62. The van der Waals surface area contributed by atoms with E-state index >= 15 is 0 Å². The lowest BCUT2D eigenvalue weighted by Crippen LogP contribution is -2.38. The van der Waals surface area contributed by atoms with Crippen LogP contribution in [0.1, 0.15) is 28.1 Å². The SMILES string of the molecule is N#CC1CCN(C(=O)c2ccc(S(=O)(=O)NCc3cccs3)cc2)CC1. The quantitative estimate of drug-likeness (QED) is 0.851. The second kappa shape index (κ2) is 7.99. The molecule has 1 aliphatic rings. The maximum atomic E-state index is 12.5. The molecular formula is C18H19N3O3S2. The molecule has 1 N–H and O–H groups in total. The topological polar surface area (TPSA) is 90.3 Å². The van der Waals surface area contributed by atoms with E-state index in [0.29, 0.717) is 31.5 Å². The highest BCUT2D eigenvalue weighted by Gasteiger charge is 2.24. The highest BCUT2D eigenvalue weighted by atomic mass is 32.2. The minimum absolute atomic E-state index is 0.0148. The number of hydrogen-bond acceptors (Lipinski definition) is 5. The number of nitriles is 1. The van der Waals surface area contributed by atoms with Crippen molar-refractivity contribution >= 4 is 27.3 Å². The van der Waals surface area contributed by atoms with E-state index in [4.69, 9.17) is 5.26 Å². The molecule has 136 valence electrons. The van der Waals surface area contributed by atoms with Gasteiger partial charge in [-0.05, 0) is 48.6 Å². The van der Waals surface area contributed by atoms with Crippen molar-refractivity contribution in [1.82, 2.24) is 9.62 Å². The number of likely N-dealkylation sites (tertiary alicyclic amines) is 1. The minimum Gasteiger partial charge on any atom is -0.339 e. The molecule has 0 atom stereocenters. The van der Waals surface area contributed by atoms with Crippen molar-refractivity contribution in [3.05, 3.63) is 52.2 Å². The lowest BCUT2D eigenvalue weighted by Gasteiger charge is -2.29. The van der Waals surface area contributed by atoms with Crippen LogP contribution in [0.4, 0.5) is 0 Å². The molecule has 2 aromatic rings. The Morgan fingerprint density at radius 1 is 1.23 bits per heavy atom. The van der Waals surface area contributed by atoms with E-state index in [1.807, 2.05) is 17.5 Å². The molecule has 1 aromatic heterocycles. The number of nitrogens with zero attached hydrogens (tertiary/aromatic N) is 2. The summed E-state index contributed by atoms with van der Waals surface area (Å²) in [6, 6.07) is 12.0. The van der Waals surface area contributed by atoms with Gasteiger partial charge in [0.2, 0.25) is 10.0 Å². The van der Waals surface area contributed by atoms with E-state index in [1.54, 1.807) is 17.0 Å². The predicted octanol–water partition coefficient (Wildman–Crippen LogP) is 2.60. The third kappa shape index (κ3) is 4.30. The van der Waals surface area contributed by atoms with Crippen LogP contribution < -0.4 is 4.72 Å². The number of piperidine rings is 1. The summed E-state index contributed by atoms with van der Waals surface area (Å²) >= 11 is 1.49. The zero-order valence-electron chi connectivity index (χ0n) is 14.1. The summed E-state index contributed by atoms with van der Waals surface area (Å²) in [6.07, 6.45) is 1.36. The number of carbonyl (C=O) groups excluding carboxylic acids is 1. The Balaban J connectivity index is 1.64. The molecule has 26 heavy (non-hydrogen) atoms. The molecule has 0 saturated carbocycles. The Labute approximate surface area is 157 Å². The minimum atomic E-state index is -3.62. The van der Waals surface area contributed by atoms with Gasteiger partial charge in [-0.15, -0.1) is 11.3 Å². The monoisotopic (exact) mass is 389 g/mol. The summed E-state index contributed by atoms with van der Waals surface area (Å²) in [5.74, 6) is -0.113. The standard InChI is InChI=1S/C18H19N3O3S2/c19-12-14-7-9-21(10-8-14)18(22)15-3-5-17(6-4-15)26(23,24)20-13-16-2-1-11-25-16/h1-6,11,14,20H,7-10,13H2. The molecule has 0 radical (unpaired) electrons. The van der Waals surface area contributed by atoms with Crippen molar-refractivity contribution in [1.29, 1.82) is 5.26 Å². The molecule has 0 unspecified atom stereocenters. The molecule has 0 aliphatic carbocycles. The van der Waals surface area contributed by atoms with Crippen molar-refractivity contribution in [3.8, 4) is 6.07 Å². The number of carbonyl (C=O) groups is 1. The molecule has 1 aromatic carbocycles. The van der Waals surface area contributed by atoms with Gasteiger partial charge in [0.15, 0.2) is 0 Å². The molecule has 0 bridgehead atoms. The van der Waals surface area contributed by atoms with Crippen LogP contribution in [0, 0.1) is 17.2 Å². The molecule has 1 amide bonds. The highest BCUT2D eigenvalue weighted by Crippen LogP contribution is 2.19. The van der Waals surface area contributed by atoms with E-state index in [1.165, 1.54) is 23.5 Å². The summed E-state index contributed by atoms with van der Waals surface area (Å²) in [5.41, 5.74) is 0.456. The van der Waals surface area contributed by atoms with Gasteiger partial charge in [-0.2, -0.15) is 5.26 Å². The smallest absolute Gasteiger partial charge is 0.253 e. The number of hydrogen-bond donors (Lipinski definition) is 1. The van der Waals surface area contributed by atoms with Crippen LogP contribution in [0.25, 0.3) is 0 Å². The Hall–Kier alpha value is -2.21. The first-order chi connectivity index (χ1) is 12.5. The van der Waals surface area contributed by atoms with Crippen LogP contribution in [0.3, 0.4) is 0 Å². The number of sulfonamides is 1. The normalized spacial score (nSPS) is 15.6. The molecule has 1 aliphatic heterocycles. The second-order valence-corrected chi connectivity index (χ2v) is 8.92. The Kier molecular flexibility index (Phi) is 5.71. The van der Waals surface area contributed by atoms with Gasteiger partial charge in [0.1, 0.15) is 0 Å². The van der Waals surface area contributed by atoms with Crippen molar-refractivity contribution < 1.29 is 13.2 Å². The largest absolute Gasteiger partial charge is 0.339 e. The number of nitrogens with one attached hydrogen (secondary N) is 1. The molecule has 0 spiro atoms. The number of amides is 1. The van der Waals surface area contributed by atoms with Crippen molar-refractivity contribution in [2.24, 2.45) is 5.92 Å². The molecule has 8 heteroatoms. The van der Waals surface area contributed by atoms with Crippen LogP contribution in [-0.2, 0) is 16.6 Å². The molecule has 3 rings (SSSR count). The van der Waals surface area contributed by atoms with E-state index in [0.717, 1.165) is 4.88 Å². The highest BCUT2D eigenvalue weighted by molar-refractivity contribution is 7.89. The van der Waals surface area contributed by atoms with Gasteiger partial charge in [-0.1, -0.05) is 6.07 Å². The van der Waals surface area contributed by atoms with Crippen molar-refractivity contribution in [2.75, 3.05) is 13.1 Å². The summed E-state index contributed by atoms with van der Waals surface area (Å²) in [5, 5.41) is 10.8. The fraction of sp³-hybridized carbons (Fsp3) is 0.333. The molecule has 2 heterocycles. The van der Waals surface area contributed by atoms with Gasteiger partial charge < -0.3 is 4.90 Å². The van der Waals surface area contributed by atoms with Gasteiger partial charge in [-0.25, -0.2) is 13.1 Å². The summed E-state index contributed by atoms with van der Waals surface area (Å²) < 4.78 is 27.3. The zero-order chi connectivity index (χ0) is 18.6. The molecular weight excluding hydrogens is 370 g/mol. The van der Waals surface area contributed by atoms with Gasteiger partial charge in [0.25, 0.3) is 5.91 Å². The van der Waals surface area contributed by atoms with Crippen molar-refractivity contribution in [3.63, 3.8) is 0 Å². The fourth-order valence-corrected chi connectivity index (χ4v) is 4.58. The first-order valence-corrected chi connectivity index (χ1v) is 10.7. The Morgan fingerprint density at radius 2 is 1.92 bits per heavy atom. The number of benzene rings is 1. The Morgan fingerprint density at radius 3 is 2.50 bits per heavy atom. The van der Waals surface area contributed by atoms with E-state index < -0.39 is 10.0 Å². The number of thiophene rings is 1. The summed E-state index contributed by atoms with van der Waals surface area (Å²) in [6.45, 7) is 1.35. The van der Waals surface area contributed by atoms with Crippen molar-refractivity contribution in [2.45, 2.75) is 24.3 Å². The molecule has 1 fully saturated rings. The van der Waals surface area contributed by atoms with Crippen LogP contribution in [0.2, 0.25) is 0 Å². The zero-order valence-corrected chi connectivity index (χ0v) is 15.7.